The van der Waals surface area contributed by atoms with Crippen LogP contribution in [0, 0.1) is 6.92 Å². The van der Waals surface area contributed by atoms with Gasteiger partial charge in [-0.25, -0.2) is 0 Å². The molecule has 0 amide bonds. The summed E-state index contributed by atoms with van der Waals surface area (Å²) in [6, 6.07) is 7.69. The highest BCUT2D eigenvalue weighted by molar-refractivity contribution is 5.51. The third-order valence-corrected chi connectivity index (χ3v) is 2.33. The number of benzene rings is 1. The number of nitrogens with zero attached hydrogens (tertiary/aromatic N) is 1. The molecule has 1 aromatic heterocycles. The molecule has 0 bridgehead atoms. The molecule has 0 unspecified atom stereocenters. The summed E-state index contributed by atoms with van der Waals surface area (Å²) in [5.74, 6) is 0. The van der Waals surface area contributed by atoms with Crippen LogP contribution >= 0.6 is 0 Å². The van der Waals surface area contributed by atoms with Crippen molar-refractivity contribution in [3.8, 4) is 0 Å². The minimum absolute atomic E-state index is 0.770. The first kappa shape index (κ1) is 9.58. The molecule has 4 N–H and O–H groups in total. The van der Waals surface area contributed by atoms with E-state index in [1.54, 1.807) is 0 Å². The van der Waals surface area contributed by atoms with Crippen molar-refractivity contribution < 1.29 is 0 Å². The van der Waals surface area contributed by atoms with E-state index in [1.807, 2.05) is 37.4 Å². The zero-order valence-electron chi connectivity index (χ0n) is 8.62. The number of nitrogens with two attached hydrogens (primary N) is 1. The van der Waals surface area contributed by atoms with Crippen LogP contribution in [0.3, 0.4) is 0 Å². The molecule has 0 saturated heterocycles. The molecule has 2 rings (SSSR count). The highest BCUT2D eigenvalue weighted by atomic mass is 15.1. The third kappa shape index (κ3) is 2.28. The Bertz CT molecular complexity index is 430. The van der Waals surface area contributed by atoms with Crippen molar-refractivity contribution >= 4 is 11.4 Å². The summed E-state index contributed by atoms with van der Waals surface area (Å²) in [5.41, 5.74) is 9.70. The largest absolute Gasteiger partial charge is 0.399 e. The van der Waals surface area contributed by atoms with Crippen LogP contribution in [0.4, 0.5) is 11.4 Å². The van der Waals surface area contributed by atoms with E-state index in [0.29, 0.717) is 0 Å². The van der Waals surface area contributed by atoms with Gasteiger partial charge in [-0.2, -0.15) is 5.10 Å². The normalized spacial score (nSPS) is 10.2. The number of aromatic nitrogens is 2. The fourth-order valence-corrected chi connectivity index (χ4v) is 1.35. The van der Waals surface area contributed by atoms with Crippen molar-refractivity contribution in [1.82, 2.24) is 10.2 Å². The van der Waals surface area contributed by atoms with E-state index in [2.05, 4.69) is 15.5 Å². The van der Waals surface area contributed by atoms with Crippen molar-refractivity contribution in [3.63, 3.8) is 0 Å². The summed E-state index contributed by atoms with van der Waals surface area (Å²) >= 11 is 0. The van der Waals surface area contributed by atoms with Crippen molar-refractivity contribution in [3.05, 3.63) is 41.7 Å². The molecule has 15 heavy (non-hydrogen) atoms. The van der Waals surface area contributed by atoms with Crippen molar-refractivity contribution in [2.24, 2.45) is 0 Å². The Labute approximate surface area is 88.5 Å². The fraction of sp³-hybridized carbons (Fsp3) is 0.182. The summed E-state index contributed by atoms with van der Waals surface area (Å²) in [4.78, 5) is 0. The van der Waals surface area contributed by atoms with Crippen LogP contribution in [0.15, 0.2) is 30.5 Å². The number of aryl methyl sites for hydroxylation is 1. The number of anilines is 2. The van der Waals surface area contributed by atoms with Gasteiger partial charge in [0.2, 0.25) is 0 Å². The van der Waals surface area contributed by atoms with Gasteiger partial charge >= 0.3 is 0 Å². The number of H-pyrrole nitrogens is 1. The van der Waals surface area contributed by atoms with Crippen LogP contribution in [-0.4, -0.2) is 10.2 Å². The molecule has 4 heteroatoms. The van der Waals surface area contributed by atoms with Gasteiger partial charge in [-0.3, -0.25) is 5.10 Å². The lowest BCUT2D eigenvalue weighted by molar-refractivity contribution is 1.04. The van der Waals surface area contributed by atoms with Gasteiger partial charge in [0.1, 0.15) is 0 Å². The van der Waals surface area contributed by atoms with E-state index in [4.69, 9.17) is 5.73 Å². The molecule has 0 saturated carbocycles. The van der Waals surface area contributed by atoms with Gasteiger partial charge in [0.05, 0.1) is 6.20 Å². The molecule has 0 radical (unpaired) electrons. The van der Waals surface area contributed by atoms with Gasteiger partial charge in [0.25, 0.3) is 0 Å². The van der Waals surface area contributed by atoms with Crippen LogP contribution in [0.2, 0.25) is 0 Å². The molecule has 1 heterocycles. The van der Waals surface area contributed by atoms with Gasteiger partial charge in [-0.15, -0.1) is 0 Å². The first-order valence-corrected chi connectivity index (χ1v) is 4.84. The summed E-state index contributed by atoms with van der Waals surface area (Å²) in [6.45, 7) is 2.78. The monoisotopic (exact) mass is 202 g/mol. The molecular weight excluding hydrogens is 188 g/mol. The molecule has 78 valence electrons. The van der Waals surface area contributed by atoms with E-state index < -0.39 is 0 Å². The Kier molecular flexibility index (Phi) is 2.58. The Morgan fingerprint density at radius 3 is 2.67 bits per heavy atom. The molecule has 0 aliphatic rings. The van der Waals surface area contributed by atoms with Crippen molar-refractivity contribution in [2.75, 3.05) is 11.1 Å². The second-order valence-electron chi connectivity index (χ2n) is 3.50. The topological polar surface area (TPSA) is 66.7 Å². The minimum atomic E-state index is 0.770. The van der Waals surface area contributed by atoms with Crippen LogP contribution < -0.4 is 11.1 Å². The summed E-state index contributed by atoms with van der Waals surface area (Å²) in [7, 11) is 0. The molecule has 2 aromatic rings. The van der Waals surface area contributed by atoms with Gasteiger partial charge in [-0.05, 0) is 31.2 Å². The van der Waals surface area contributed by atoms with E-state index in [0.717, 1.165) is 23.6 Å². The zero-order chi connectivity index (χ0) is 10.7. The first-order valence-electron chi connectivity index (χ1n) is 4.84. The van der Waals surface area contributed by atoms with Crippen LogP contribution in [0.1, 0.15) is 11.3 Å². The average molecular weight is 202 g/mol. The lowest BCUT2D eigenvalue weighted by Crippen LogP contribution is -1.99. The summed E-state index contributed by atoms with van der Waals surface area (Å²) in [6.07, 6.45) is 1.83. The maximum atomic E-state index is 5.60. The summed E-state index contributed by atoms with van der Waals surface area (Å²) < 4.78 is 0. The molecule has 0 aliphatic carbocycles. The maximum Gasteiger partial charge on any atom is 0.0539 e. The van der Waals surface area contributed by atoms with Gasteiger partial charge < -0.3 is 11.1 Å². The Balaban J connectivity index is 1.99. The van der Waals surface area contributed by atoms with E-state index in [-0.39, 0.29) is 0 Å². The van der Waals surface area contributed by atoms with Gasteiger partial charge in [0.15, 0.2) is 0 Å². The van der Waals surface area contributed by atoms with E-state index >= 15 is 0 Å². The van der Waals surface area contributed by atoms with Gasteiger partial charge in [0, 0.05) is 29.2 Å². The van der Waals surface area contributed by atoms with Crippen LogP contribution in [0.5, 0.6) is 0 Å². The Morgan fingerprint density at radius 1 is 1.33 bits per heavy atom. The quantitative estimate of drug-likeness (QED) is 0.666. The second kappa shape index (κ2) is 4.04. The standard InChI is InChI=1S/C11H14N4/c1-8-9(7-14-15-8)6-13-11-4-2-10(12)3-5-11/h2-5,7,13H,6,12H2,1H3,(H,14,15). The Hall–Kier alpha value is -1.97. The number of hydrogen-bond acceptors (Lipinski definition) is 3. The molecular formula is C11H14N4. The number of hydrogen-bond donors (Lipinski definition) is 3. The molecule has 4 nitrogen and oxygen atoms in total. The molecule has 1 aromatic carbocycles. The second-order valence-corrected chi connectivity index (χ2v) is 3.50. The predicted octanol–water partition coefficient (Wildman–Crippen LogP) is 1.91. The van der Waals surface area contributed by atoms with E-state index in [9.17, 15) is 0 Å². The Morgan fingerprint density at radius 2 is 2.07 bits per heavy atom. The SMILES string of the molecule is Cc1[nH]ncc1CNc1ccc(N)cc1. The lowest BCUT2D eigenvalue weighted by atomic mass is 10.2. The fourth-order valence-electron chi connectivity index (χ4n) is 1.35. The van der Waals surface area contributed by atoms with Gasteiger partial charge in [-0.1, -0.05) is 0 Å². The number of aromatic amines is 1. The highest BCUT2D eigenvalue weighted by Crippen LogP contribution is 2.12. The zero-order valence-corrected chi connectivity index (χ0v) is 8.62. The smallest absolute Gasteiger partial charge is 0.0539 e. The molecule has 0 atom stereocenters. The average Bonchev–Trinajstić information content (AvgIpc) is 2.63. The summed E-state index contributed by atoms with van der Waals surface area (Å²) in [5, 5.41) is 10.2. The molecule has 0 spiro atoms. The minimum Gasteiger partial charge on any atom is -0.399 e. The van der Waals surface area contributed by atoms with Crippen LogP contribution in [-0.2, 0) is 6.54 Å². The van der Waals surface area contributed by atoms with Crippen molar-refractivity contribution in [1.29, 1.82) is 0 Å². The van der Waals surface area contributed by atoms with E-state index in [1.165, 1.54) is 5.56 Å². The predicted molar refractivity (Wildman–Crippen MR) is 61.5 cm³/mol. The van der Waals surface area contributed by atoms with Crippen molar-refractivity contribution in [2.45, 2.75) is 13.5 Å². The lowest BCUT2D eigenvalue weighted by Gasteiger charge is -2.05. The number of nitrogen functional groups attached to an aromatic ring is 1. The highest BCUT2D eigenvalue weighted by Gasteiger charge is 1.99. The third-order valence-electron chi connectivity index (χ3n) is 2.33. The molecule has 0 fully saturated rings. The van der Waals surface area contributed by atoms with Crippen LogP contribution in [0.25, 0.3) is 0 Å². The number of rotatable bonds is 3. The first-order chi connectivity index (χ1) is 7.25. The maximum absolute atomic E-state index is 5.60. The number of nitrogens with one attached hydrogen (secondary N) is 2. The molecule has 0 aliphatic heterocycles.